The average Bonchev–Trinajstić information content (AvgIpc) is 3.84. The van der Waals surface area contributed by atoms with Gasteiger partial charge in [-0.3, -0.25) is 0 Å². The molecule has 0 saturated heterocycles. The lowest BCUT2D eigenvalue weighted by molar-refractivity contribution is 1.70. The van der Waals surface area contributed by atoms with Gasteiger partial charge in [0, 0.05) is 59.5 Å². The van der Waals surface area contributed by atoms with Crippen molar-refractivity contribution in [3.8, 4) is 32.0 Å². The molecule has 4 aromatic heterocycles. The highest BCUT2D eigenvalue weighted by Crippen LogP contribution is 2.44. The molecule has 0 nitrogen and oxygen atoms in total. The van der Waals surface area contributed by atoms with Crippen LogP contribution in [-0.4, -0.2) is 0 Å². The Balaban J connectivity index is 1.04. The summed E-state index contributed by atoms with van der Waals surface area (Å²) in [5.74, 6) is 0. The molecule has 0 spiro atoms. The summed E-state index contributed by atoms with van der Waals surface area (Å²) in [6, 6.07) is 49.7. The van der Waals surface area contributed by atoms with Crippen LogP contribution < -0.4 is 0 Å². The maximum absolute atomic E-state index is 2.40. The maximum atomic E-state index is 2.40. The standard InChI is InChI=1S/C40H22S4/c1-3-7-23(8-4-1)33-17-27-19-39-31(21-35(27)41-33)29-13-11-25(15-37(29)43-39)26-12-14-30-32-22-36-28(20-40(32)44-38(30)16-26)18-34(42-36)24-9-5-2-6-10-24/h1-22H. The van der Waals surface area contributed by atoms with Gasteiger partial charge in [0.1, 0.15) is 0 Å². The number of hydrogen-bond donors (Lipinski definition) is 0. The second-order valence-corrected chi connectivity index (χ2v) is 15.7. The van der Waals surface area contributed by atoms with Crippen LogP contribution in [0.4, 0.5) is 0 Å². The maximum Gasteiger partial charge on any atom is 0.0362 e. The van der Waals surface area contributed by atoms with E-state index < -0.39 is 0 Å². The van der Waals surface area contributed by atoms with Gasteiger partial charge in [-0.1, -0.05) is 84.9 Å². The predicted octanol–water partition coefficient (Wildman–Crippen LogP) is 13.9. The number of thiophene rings is 4. The monoisotopic (exact) mass is 630 g/mol. The van der Waals surface area contributed by atoms with Crippen molar-refractivity contribution in [2.75, 3.05) is 0 Å². The fourth-order valence-corrected chi connectivity index (χ4v) is 11.0. The zero-order valence-electron chi connectivity index (χ0n) is 23.3. The second-order valence-electron chi connectivity index (χ2n) is 11.4. The van der Waals surface area contributed by atoms with Gasteiger partial charge in [0.05, 0.1) is 0 Å². The molecule has 0 amide bonds. The molecular weight excluding hydrogens is 609 g/mol. The molecule has 10 rings (SSSR count). The lowest BCUT2D eigenvalue weighted by Crippen LogP contribution is -1.77. The molecule has 4 heteroatoms. The number of rotatable bonds is 3. The third kappa shape index (κ3) is 3.92. The molecule has 10 aromatic rings. The van der Waals surface area contributed by atoms with Gasteiger partial charge in [-0.05, 0) is 81.6 Å². The first kappa shape index (κ1) is 25.1. The van der Waals surface area contributed by atoms with Gasteiger partial charge in [-0.2, -0.15) is 0 Å². The van der Waals surface area contributed by atoms with Crippen molar-refractivity contribution in [3.05, 3.63) is 133 Å². The molecule has 0 aliphatic heterocycles. The van der Waals surface area contributed by atoms with Crippen LogP contribution in [0.5, 0.6) is 0 Å². The minimum absolute atomic E-state index is 1.28. The fraction of sp³-hybridized carbons (Fsp3) is 0. The quantitative estimate of drug-likeness (QED) is 0.182. The van der Waals surface area contributed by atoms with Crippen molar-refractivity contribution in [3.63, 3.8) is 0 Å². The highest BCUT2D eigenvalue weighted by molar-refractivity contribution is 7.27. The molecule has 0 radical (unpaired) electrons. The first-order chi connectivity index (χ1) is 21.7. The Morgan fingerprint density at radius 3 is 1.16 bits per heavy atom. The van der Waals surface area contributed by atoms with Crippen LogP contribution in [0.1, 0.15) is 0 Å². The van der Waals surface area contributed by atoms with Gasteiger partial charge < -0.3 is 0 Å². The van der Waals surface area contributed by atoms with E-state index in [1.165, 1.54) is 92.5 Å². The van der Waals surface area contributed by atoms with Crippen LogP contribution in [0.25, 0.3) is 92.5 Å². The van der Waals surface area contributed by atoms with E-state index in [4.69, 9.17) is 0 Å². The van der Waals surface area contributed by atoms with E-state index >= 15 is 0 Å². The number of hydrogen-bond acceptors (Lipinski definition) is 4. The smallest absolute Gasteiger partial charge is 0.0362 e. The Morgan fingerprint density at radius 2 is 0.705 bits per heavy atom. The van der Waals surface area contributed by atoms with Crippen LogP contribution in [-0.2, 0) is 0 Å². The number of benzene rings is 6. The summed E-state index contributed by atoms with van der Waals surface area (Å²) < 4.78 is 8.13. The molecule has 6 aromatic carbocycles. The van der Waals surface area contributed by atoms with Crippen molar-refractivity contribution in [1.82, 2.24) is 0 Å². The summed E-state index contributed by atoms with van der Waals surface area (Å²) in [5, 5.41) is 8.09. The summed E-state index contributed by atoms with van der Waals surface area (Å²) in [5.41, 5.74) is 5.15. The molecular formula is C40H22S4. The Morgan fingerprint density at radius 1 is 0.273 bits per heavy atom. The van der Waals surface area contributed by atoms with E-state index in [0.29, 0.717) is 0 Å². The third-order valence-corrected chi connectivity index (χ3v) is 13.2. The summed E-state index contributed by atoms with van der Waals surface area (Å²) in [4.78, 5) is 2.66. The molecule has 206 valence electrons. The molecule has 0 aliphatic carbocycles. The molecule has 0 atom stereocenters. The minimum atomic E-state index is 1.28. The predicted molar refractivity (Wildman–Crippen MR) is 199 cm³/mol. The molecule has 0 unspecified atom stereocenters. The molecule has 0 bridgehead atoms. The lowest BCUT2D eigenvalue weighted by atomic mass is 10.0. The van der Waals surface area contributed by atoms with Gasteiger partial charge in [0.25, 0.3) is 0 Å². The summed E-state index contributed by atoms with van der Waals surface area (Å²) >= 11 is 7.59. The minimum Gasteiger partial charge on any atom is -0.135 e. The van der Waals surface area contributed by atoms with Crippen molar-refractivity contribution < 1.29 is 0 Å². The zero-order chi connectivity index (χ0) is 28.8. The van der Waals surface area contributed by atoms with Gasteiger partial charge in [-0.25, -0.2) is 0 Å². The van der Waals surface area contributed by atoms with Crippen molar-refractivity contribution >= 4 is 106 Å². The van der Waals surface area contributed by atoms with E-state index in [2.05, 4.69) is 133 Å². The molecule has 0 N–H and O–H groups in total. The highest BCUT2D eigenvalue weighted by atomic mass is 32.1. The van der Waals surface area contributed by atoms with Crippen LogP contribution >= 0.6 is 45.3 Å². The Hall–Kier alpha value is -4.32. The van der Waals surface area contributed by atoms with Crippen LogP contribution in [0.15, 0.2) is 133 Å². The normalized spacial score (nSPS) is 12.1. The SMILES string of the molecule is c1ccc(-c2cc3cc4sc5cc(-c6ccc7c(c6)sc6cc8cc(-c9ccccc9)sc8cc67)ccc5c4cc3s2)cc1. The Kier molecular flexibility index (Phi) is 5.46. The van der Waals surface area contributed by atoms with Crippen LogP contribution in [0.3, 0.4) is 0 Å². The second kappa shape index (κ2) is 9.59. The van der Waals surface area contributed by atoms with E-state index in [1.54, 1.807) is 0 Å². The fourth-order valence-electron chi connectivity index (χ4n) is 6.47. The first-order valence-electron chi connectivity index (χ1n) is 14.6. The molecule has 44 heavy (non-hydrogen) atoms. The lowest BCUT2D eigenvalue weighted by Gasteiger charge is -2.03. The summed E-state index contributed by atoms with van der Waals surface area (Å²) in [6.45, 7) is 0. The third-order valence-electron chi connectivity index (χ3n) is 8.67. The zero-order valence-corrected chi connectivity index (χ0v) is 26.6. The van der Waals surface area contributed by atoms with Crippen molar-refractivity contribution in [2.24, 2.45) is 0 Å². The summed E-state index contributed by atoms with van der Waals surface area (Å²) in [6.07, 6.45) is 0. The topological polar surface area (TPSA) is 0 Å². The van der Waals surface area contributed by atoms with Crippen molar-refractivity contribution in [1.29, 1.82) is 0 Å². The van der Waals surface area contributed by atoms with E-state index in [-0.39, 0.29) is 0 Å². The van der Waals surface area contributed by atoms with Gasteiger partial charge in [0.15, 0.2) is 0 Å². The summed E-state index contributed by atoms with van der Waals surface area (Å²) in [7, 11) is 0. The molecule has 0 fully saturated rings. The largest absolute Gasteiger partial charge is 0.135 e. The average molecular weight is 631 g/mol. The van der Waals surface area contributed by atoms with Gasteiger partial charge >= 0.3 is 0 Å². The highest BCUT2D eigenvalue weighted by Gasteiger charge is 2.14. The van der Waals surface area contributed by atoms with Crippen LogP contribution in [0.2, 0.25) is 0 Å². The van der Waals surface area contributed by atoms with E-state index in [9.17, 15) is 0 Å². The number of fused-ring (bicyclic) bond motifs is 8. The van der Waals surface area contributed by atoms with Crippen LogP contribution in [0, 0.1) is 0 Å². The van der Waals surface area contributed by atoms with Gasteiger partial charge in [-0.15, -0.1) is 45.3 Å². The first-order valence-corrected chi connectivity index (χ1v) is 17.9. The van der Waals surface area contributed by atoms with E-state index in [1.807, 2.05) is 45.3 Å². The van der Waals surface area contributed by atoms with Crippen molar-refractivity contribution in [2.45, 2.75) is 0 Å². The molecule has 0 aliphatic rings. The van der Waals surface area contributed by atoms with E-state index in [0.717, 1.165) is 0 Å². The van der Waals surface area contributed by atoms with Gasteiger partial charge in [0.2, 0.25) is 0 Å². The Bertz CT molecular complexity index is 2510. The molecule has 4 heterocycles. The Labute approximate surface area is 269 Å². The molecule has 0 saturated carbocycles.